The molecule has 0 aromatic rings. The van der Waals surface area contributed by atoms with E-state index in [0.29, 0.717) is 0 Å². The molecule has 6 heteroatoms. The molecule has 1 atom stereocenters. The van der Waals surface area contributed by atoms with Crippen molar-refractivity contribution in [1.29, 1.82) is 0 Å². The van der Waals surface area contributed by atoms with Gasteiger partial charge in [-0.15, -0.1) is 6.54 Å². The van der Waals surface area contributed by atoms with Gasteiger partial charge in [-0.05, 0) is 0 Å². The summed E-state index contributed by atoms with van der Waals surface area (Å²) in [6.45, 7) is 0.337. The van der Waals surface area contributed by atoms with Crippen LogP contribution >= 0.6 is 0 Å². The van der Waals surface area contributed by atoms with Gasteiger partial charge in [0, 0.05) is 45.3 Å². The van der Waals surface area contributed by atoms with E-state index in [1.165, 1.54) is 7.11 Å². The predicted molar refractivity (Wildman–Crippen MR) is 37.6 cm³/mol. The summed E-state index contributed by atoms with van der Waals surface area (Å²) >= 11 is 0. The molecule has 0 aromatic carbocycles. The second-order valence-corrected chi connectivity index (χ2v) is 1.77. The van der Waals surface area contributed by atoms with Gasteiger partial charge in [-0.1, -0.05) is 0 Å². The van der Waals surface area contributed by atoms with Gasteiger partial charge in [0.2, 0.25) is 0 Å². The van der Waals surface area contributed by atoms with Crippen molar-refractivity contribution in [3.63, 3.8) is 0 Å². The maximum Gasteiger partial charge on any atom is 0.407 e. The van der Waals surface area contributed by atoms with Gasteiger partial charge >= 0.3 is 6.09 Å². The fourth-order valence-corrected chi connectivity index (χ4v) is 0.419. The normalized spacial score (nSPS) is 11.2. The van der Waals surface area contributed by atoms with Crippen LogP contribution in [0.15, 0.2) is 0 Å². The first kappa shape index (κ1) is 13.9. The van der Waals surface area contributed by atoms with Gasteiger partial charge in [-0.25, -0.2) is 4.79 Å². The van der Waals surface area contributed by atoms with Gasteiger partial charge in [0.25, 0.3) is 0 Å². The molecule has 5 nitrogen and oxygen atoms in total. The average molecular weight is 235 g/mol. The van der Waals surface area contributed by atoms with Gasteiger partial charge in [-0.3, -0.25) is 0 Å². The van der Waals surface area contributed by atoms with E-state index >= 15 is 0 Å². The Kier molecular flexibility index (Phi) is 10.6. The molecule has 0 fully saturated rings. The summed E-state index contributed by atoms with van der Waals surface area (Å²) in [5.41, 5.74) is 12.1. The van der Waals surface area contributed by atoms with E-state index in [1.54, 1.807) is 0 Å². The Bertz CT molecular complexity index is 108. The number of rotatable bonds is 3. The minimum atomic E-state index is -0.539. The zero-order valence-corrected chi connectivity index (χ0v) is 9.30. The van der Waals surface area contributed by atoms with Gasteiger partial charge in [0.15, 0.2) is 0 Å². The number of nitrogens with one attached hydrogen (secondary N) is 2. The molecule has 0 aliphatic rings. The first-order valence-corrected chi connectivity index (χ1v) is 2.93. The first-order chi connectivity index (χ1) is 4.74. The summed E-state index contributed by atoms with van der Waals surface area (Å²) in [5, 5.41) is 2.39. The van der Waals surface area contributed by atoms with Crippen LogP contribution in [0.3, 0.4) is 0 Å². The summed E-state index contributed by atoms with van der Waals surface area (Å²) < 4.78 is 4.30. The van der Waals surface area contributed by atoms with Crippen LogP contribution in [0.2, 0.25) is 0 Å². The Morgan fingerprint density at radius 3 is 2.64 bits per heavy atom. The first-order valence-electron chi connectivity index (χ1n) is 2.93. The molecule has 0 rings (SSSR count). The molecule has 0 aliphatic heterocycles. The quantitative estimate of drug-likeness (QED) is 0.705. The zero-order chi connectivity index (χ0) is 7.98. The molecule has 11 heavy (non-hydrogen) atoms. The van der Waals surface area contributed by atoms with Crippen LogP contribution in [0.4, 0.5) is 4.79 Å². The van der Waals surface area contributed by atoms with Crippen molar-refractivity contribution >= 4 is 6.09 Å². The van der Waals surface area contributed by atoms with Gasteiger partial charge in [-0.2, -0.15) is 0 Å². The third kappa shape index (κ3) is 6.68. The fourth-order valence-electron chi connectivity index (χ4n) is 0.419. The number of nitrogens with two attached hydrogens (primary N) is 1. The molecule has 4 N–H and O–H groups in total. The van der Waals surface area contributed by atoms with Crippen molar-refractivity contribution in [3.05, 3.63) is 5.73 Å². The molecule has 1 radical (unpaired) electrons. The summed E-state index contributed by atoms with van der Waals surface area (Å²) in [6, 6.07) is -0.299. The summed E-state index contributed by atoms with van der Waals surface area (Å²) in [6.07, 6.45) is -0.539. The molecule has 0 heterocycles. The number of methoxy groups -OCH3 is 1. The van der Waals surface area contributed by atoms with Crippen LogP contribution < -0.4 is 11.1 Å². The summed E-state index contributed by atoms with van der Waals surface area (Å²) in [5.74, 6) is 0. The molecule has 0 aliphatic carbocycles. The van der Waals surface area contributed by atoms with Crippen LogP contribution in [0.25, 0.3) is 5.73 Å². The molecule has 0 saturated carbocycles. The fraction of sp³-hybridized carbons (Fsp3) is 0.800. The Morgan fingerprint density at radius 2 is 2.36 bits per heavy atom. The topological polar surface area (TPSA) is 88.1 Å². The monoisotopic (exact) mass is 235 g/mol. The minimum Gasteiger partial charge on any atom is -0.676 e. The maximum absolute atomic E-state index is 10.5. The Labute approximate surface area is 91.1 Å². The van der Waals surface area contributed by atoms with Gasteiger partial charge in [0.1, 0.15) is 0 Å². The van der Waals surface area contributed by atoms with E-state index in [0.717, 1.165) is 0 Å². The number of amides is 1. The van der Waals surface area contributed by atoms with E-state index in [9.17, 15) is 4.79 Å². The maximum atomic E-state index is 10.5. The van der Waals surface area contributed by atoms with E-state index in [4.69, 9.17) is 11.5 Å². The van der Waals surface area contributed by atoms with E-state index in [2.05, 4.69) is 10.1 Å². The molecular formula is C5H12N3O2Y-. The zero-order valence-electron chi connectivity index (χ0n) is 6.46. The van der Waals surface area contributed by atoms with Crippen molar-refractivity contribution in [2.45, 2.75) is 6.04 Å². The number of alkyl carbamates (subject to hydrolysis) is 1. The van der Waals surface area contributed by atoms with Crippen LogP contribution in [0, 0.1) is 0 Å². The van der Waals surface area contributed by atoms with E-state index in [1.807, 2.05) is 0 Å². The van der Waals surface area contributed by atoms with Crippen molar-refractivity contribution in [1.82, 2.24) is 5.32 Å². The van der Waals surface area contributed by atoms with Crippen molar-refractivity contribution in [2.75, 3.05) is 20.2 Å². The van der Waals surface area contributed by atoms with Gasteiger partial charge in [0.05, 0.1) is 7.11 Å². The molecule has 0 aromatic heterocycles. The van der Waals surface area contributed by atoms with E-state index in [-0.39, 0.29) is 51.8 Å². The third-order valence-corrected chi connectivity index (χ3v) is 1.04. The number of ether oxygens (including phenoxy) is 1. The van der Waals surface area contributed by atoms with Crippen molar-refractivity contribution in [3.8, 4) is 0 Å². The molecule has 63 valence electrons. The molecular weight excluding hydrogens is 223 g/mol. The molecule has 0 bridgehead atoms. The Hall–Kier alpha value is 0.294. The van der Waals surface area contributed by atoms with E-state index < -0.39 is 6.09 Å². The average Bonchev–Trinajstić information content (AvgIpc) is 1.99. The molecule has 0 spiro atoms. The molecule has 0 saturated heterocycles. The summed E-state index contributed by atoms with van der Waals surface area (Å²) in [4.78, 5) is 10.5. The number of carbonyl (C=O) groups excluding carboxylic acids is 1. The number of carbonyl (C=O) groups is 1. The Morgan fingerprint density at radius 1 is 1.82 bits per heavy atom. The Balaban J connectivity index is 0. The van der Waals surface area contributed by atoms with Crippen LogP contribution in [-0.4, -0.2) is 32.3 Å². The van der Waals surface area contributed by atoms with Crippen LogP contribution in [0.1, 0.15) is 0 Å². The predicted octanol–water partition coefficient (Wildman–Crippen LogP) is -0.281. The van der Waals surface area contributed by atoms with Crippen molar-refractivity contribution < 1.29 is 42.2 Å². The third-order valence-electron chi connectivity index (χ3n) is 1.04. The smallest absolute Gasteiger partial charge is 0.407 e. The molecule has 1 amide bonds. The standard InChI is InChI=1S/C5H12N3O2.Y/c1-10-5(9)8-4(2-6)3-7;/h4,6H,2-3,7H2,1H3,(H,8,9);/q-1;/t4-;/m1./s1. The van der Waals surface area contributed by atoms with Crippen LogP contribution in [-0.2, 0) is 37.4 Å². The van der Waals surface area contributed by atoms with Crippen molar-refractivity contribution in [2.24, 2.45) is 5.73 Å². The second-order valence-electron chi connectivity index (χ2n) is 1.77. The van der Waals surface area contributed by atoms with Crippen LogP contribution in [0.5, 0.6) is 0 Å². The SMILES string of the molecule is COC(=O)N[C@H](C[NH-])CN.[Y]. The second kappa shape index (κ2) is 8.39. The number of hydrogen-bond acceptors (Lipinski definition) is 3. The minimum absolute atomic E-state index is 0. The summed E-state index contributed by atoms with van der Waals surface area (Å²) in [7, 11) is 1.27. The molecule has 0 unspecified atom stereocenters. The largest absolute Gasteiger partial charge is 0.676 e. The number of hydrogen-bond donors (Lipinski definition) is 2. The van der Waals surface area contributed by atoms with Gasteiger partial charge < -0.3 is 21.5 Å².